The molecule has 8 heteroatoms. The maximum Gasteiger partial charge on any atom is 0.259 e. The smallest absolute Gasteiger partial charge is 0.259 e. The monoisotopic (exact) mass is 417 g/mol. The summed E-state index contributed by atoms with van der Waals surface area (Å²) in [4.78, 5) is 26.9. The molecule has 162 valence electrons. The van der Waals surface area contributed by atoms with Crippen molar-refractivity contribution in [2.45, 2.75) is 46.0 Å². The summed E-state index contributed by atoms with van der Waals surface area (Å²) < 4.78 is 24.3. The van der Waals surface area contributed by atoms with E-state index in [2.05, 4.69) is 5.16 Å². The number of nitrogens with zero attached hydrogens (tertiary/aromatic N) is 2. The molecule has 0 unspecified atom stereocenters. The number of aromatic nitrogens is 1. The number of benzene rings is 1. The molecular formula is C22H28FN3O4. The quantitative estimate of drug-likeness (QED) is 0.744. The lowest BCUT2D eigenvalue weighted by molar-refractivity contribution is -0.122. The van der Waals surface area contributed by atoms with E-state index in [1.807, 2.05) is 13.8 Å². The highest BCUT2D eigenvalue weighted by Gasteiger charge is 2.41. The van der Waals surface area contributed by atoms with Crippen LogP contribution < -0.4 is 10.5 Å². The van der Waals surface area contributed by atoms with Gasteiger partial charge in [0, 0.05) is 24.9 Å². The van der Waals surface area contributed by atoms with Gasteiger partial charge in [0.25, 0.3) is 5.91 Å². The minimum Gasteiger partial charge on any atom is -0.493 e. The molecular weight excluding hydrogens is 389 g/mol. The van der Waals surface area contributed by atoms with Crippen molar-refractivity contribution in [2.75, 3.05) is 19.7 Å². The molecule has 3 rings (SSSR count). The summed E-state index contributed by atoms with van der Waals surface area (Å²) >= 11 is 0. The van der Waals surface area contributed by atoms with Crippen LogP contribution in [0.2, 0.25) is 0 Å². The van der Waals surface area contributed by atoms with E-state index in [0.29, 0.717) is 48.7 Å². The average Bonchev–Trinajstić information content (AvgIpc) is 3.08. The number of piperidine rings is 1. The van der Waals surface area contributed by atoms with Gasteiger partial charge in [-0.3, -0.25) is 9.59 Å². The molecule has 2 aromatic rings. The number of amides is 2. The molecule has 1 aliphatic rings. The van der Waals surface area contributed by atoms with Crippen LogP contribution in [0.5, 0.6) is 5.75 Å². The molecule has 1 aromatic heterocycles. The predicted molar refractivity (Wildman–Crippen MR) is 109 cm³/mol. The average molecular weight is 417 g/mol. The largest absolute Gasteiger partial charge is 0.493 e. The molecule has 1 saturated heterocycles. The Morgan fingerprint density at radius 3 is 2.67 bits per heavy atom. The standard InChI is InChI=1S/C22H28FN3O4/c1-14(2)20-19(15(3)30-25-20)21(28)26-10-4-9-22(12-26,11-18(24)27)13-29-17-7-5-16(23)6-8-17/h5-8,14H,4,9-13H2,1-3H3,(H2,24,27)/t22-/m0/s1. The van der Waals surface area contributed by atoms with Crippen molar-refractivity contribution in [1.29, 1.82) is 0 Å². The molecule has 30 heavy (non-hydrogen) atoms. The van der Waals surface area contributed by atoms with E-state index in [4.69, 9.17) is 15.0 Å². The van der Waals surface area contributed by atoms with Crippen LogP contribution in [0.15, 0.2) is 28.8 Å². The van der Waals surface area contributed by atoms with Gasteiger partial charge in [0.05, 0.1) is 12.3 Å². The van der Waals surface area contributed by atoms with Crippen LogP contribution in [0.3, 0.4) is 0 Å². The number of carbonyl (C=O) groups is 2. The van der Waals surface area contributed by atoms with Gasteiger partial charge in [-0.25, -0.2) is 4.39 Å². The fourth-order valence-electron chi connectivity index (χ4n) is 4.03. The molecule has 0 bridgehead atoms. The number of likely N-dealkylation sites (tertiary alicyclic amines) is 1. The lowest BCUT2D eigenvalue weighted by Gasteiger charge is -2.42. The van der Waals surface area contributed by atoms with E-state index >= 15 is 0 Å². The maximum absolute atomic E-state index is 13.3. The third-order valence-corrected chi connectivity index (χ3v) is 5.51. The molecule has 0 saturated carbocycles. The number of nitrogens with two attached hydrogens (primary N) is 1. The normalized spacial score (nSPS) is 19.2. The van der Waals surface area contributed by atoms with Crippen molar-refractivity contribution < 1.29 is 23.2 Å². The van der Waals surface area contributed by atoms with Crippen LogP contribution in [0.25, 0.3) is 0 Å². The van der Waals surface area contributed by atoms with Gasteiger partial charge in [0.2, 0.25) is 5.91 Å². The van der Waals surface area contributed by atoms with E-state index in [0.717, 1.165) is 0 Å². The Bertz CT molecular complexity index is 910. The molecule has 1 aliphatic heterocycles. The predicted octanol–water partition coefficient (Wildman–Crippen LogP) is 3.42. The van der Waals surface area contributed by atoms with E-state index in [9.17, 15) is 14.0 Å². The van der Waals surface area contributed by atoms with Crippen molar-refractivity contribution >= 4 is 11.8 Å². The fourth-order valence-corrected chi connectivity index (χ4v) is 4.03. The zero-order chi connectivity index (χ0) is 21.9. The maximum atomic E-state index is 13.3. The summed E-state index contributed by atoms with van der Waals surface area (Å²) in [6.07, 6.45) is 1.51. The van der Waals surface area contributed by atoms with Crippen molar-refractivity contribution in [3.63, 3.8) is 0 Å². The highest BCUT2D eigenvalue weighted by atomic mass is 19.1. The topological polar surface area (TPSA) is 98.7 Å². The van der Waals surface area contributed by atoms with Crippen LogP contribution in [-0.2, 0) is 4.79 Å². The first-order valence-corrected chi connectivity index (χ1v) is 10.1. The number of hydrogen-bond acceptors (Lipinski definition) is 5. The summed E-state index contributed by atoms with van der Waals surface area (Å²) in [6, 6.07) is 5.70. The SMILES string of the molecule is Cc1onc(C(C)C)c1C(=O)N1CCC[C@](COc2ccc(F)cc2)(CC(N)=O)C1. The minimum absolute atomic E-state index is 0.0448. The lowest BCUT2D eigenvalue weighted by atomic mass is 9.77. The second kappa shape index (κ2) is 8.85. The number of rotatable bonds is 7. The molecule has 1 atom stereocenters. The van der Waals surface area contributed by atoms with Crippen molar-refractivity contribution in [2.24, 2.45) is 11.1 Å². The van der Waals surface area contributed by atoms with Crippen LogP contribution in [0, 0.1) is 18.2 Å². The highest BCUT2D eigenvalue weighted by Crippen LogP contribution is 2.36. The summed E-state index contributed by atoms with van der Waals surface area (Å²) in [5.41, 5.74) is 6.03. The van der Waals surface area contributed by atoms with E-state index in [1.54, 1.807) is 11.8 Å². The molecule has 2 amide bonds. The second-order valence-electron chi connectivity index (χ2n) is 8.37. The van der Waals surface area contributed by atoms with E-state index in [-0.39, 0.29) is 30.7 Å². The zero-order valence-electron chi connectivity index (χ0n) is 17.6. The molecule has 1 aromatic carbocycles. The van der Waals surface area contributed by atoms with Crippen molar-refractivity contribution in [1.82, 2.24) is 10.1 Å². The molecule has 0 spiro atoms. The van der Waals surface area contributed by atoms with Crippen LogP contribution >= 0.6 is 0 Å². The van der Waals surface area contributed by atoms with Crippen LogP contribution in [-0.4, -0.2) is 41.6 Å². The number of halogens is 1. The molecule has 1 fully saturated rings. The van der Waals surface area contributed by atoms with Gasteiger partial charge in [-0.05, 0) is 49.9 Å². The van der Waals surface area contributed by atoms with E-state index < -0.39 is 11.3 Å². The van der Waals surface area contributed by atoms with Crippen LogP contribution in [0.4, 0.5) is 4.39 Å². The molecule has 2 N–H and O–H groups in total. The number of carbonyl (C=O) groups excluding carboxylic acids is 2. The van der Waals surface area contributed by atoms with Gasteiger partial charge in [0.1, 0.15) is 22.9 Å². The Balaban J connectivity index is 1.81. The van der Waals surface area contributed by atoms with Crippen molar-refractivity contribution in [3.05, 3.63) is 47.1 Å². The number of aryl methyl sites for hydroxylation is 1. The summed E-state index contributed by atoms with van der Waals surface area (Å²) in [7, 11) is 0. The number of primary amides is 1. The Kier molecular flexibility index (Phi) is 6.43. The highest BCUT2D eigenvalue weighted by molar-refractivity contribution is 5.96. The Hall–Kier alpha value is -2.90. The minimum atomic E-state index is -0.614. The third-order valence-electron chi connectivity index (χ3n) is 5.51. The van der Waals surface area contributed by atoms with Crippen molar-refractivity contribution in [3.8, 4) is 5.75 Å². The first-order chi connectivity index (χ1) is 14.2. The Morgan fingerprint density at radius 2 is 2.03 bits per heavy atom. The Labute approximate surface area is 175 Å². The third kappa shape index (κ3) is 4.80. The second-order valence-corrected chi connectivity index (χ2v) is 8.37. The number of ether oxygens (including phenoxy) is 1. The molecule has 0 aliphatic carbocycles. The van der Waals surface area contributed by atoms with E-state index in [1.165, 1.54) is 24.3 Å². The van der Waals surface area contributed by atoms with Gasteiger partial charge >= 0.3 is 0 Å². The molecule has 2 heterocycles. The van der Waals surface area contributed by atoms with Gasteiger partial charge < -0.3 is 19.9 Å². The summed E-state index contributed by atoms with van der Waals surface area (Å²) in [6.45, 7) is 6.74. The Morgan fingerprint density at radius 1 is 1.33 bits per heavy atom. The van der Waals surface area contributed by atoms with Crippen LogP contribution in [0.1, 0.15) is 60.8 Å². The molecule has 0 radical (unpaired) electrons. The first-order valence-electron chi connectivity index (χ1n) is 10.1. The summed E-state index contributed by atoms with van der Waals surface area (Å²) in [5.74, 6) is 0.0684. The summed E-state index contributed by atoms with van der Waals surface area (Å²) in [5, 5.41) is 4.05. The van der Waals surface area contributed by atoms with Gasteiger partial charge in [-0.15, -0.1) is 0 Å². The van der Waals surface area contributed by atoms with Gasteiger partial charge in [-0.1, -0.05) is 19.0 Å². The first kappa shape index (κ1) is 21.8. The zero-order valence-corrected chi connectivity index (χ0v) is 17.6. The number of hydrogen-bond donors (Lipinski definition) is 1. The van der Waals surface area contributed by atoms with Gasteiger partial charge in [0.15, 0.2) is 0 Å². The molecule has 7 nitrogen and oxygen atoms in total. The fraction of sp³-hybridized carbons (Fsp3) is 0.500. The lowest BCUT2D eigenvalue weighted by Crippen LogP contribution is -2.50. The van der Waals surface area contributed by atoms with Gasteiger partial charge in [-0.2, -0.15) is 0 Å².